The van der Waals surface area contributed by atoms with Gasteiger partial charge in [0.05, 0.1) is 6.10 Å². The third kappa shape index (κ3) is 7.01. The molecule has 1 saturated heterocycles. The highest BCUT2D eigenvalue weighted by atomic mass is 16.6. The minimum atomic E-state index is -0.487. The molecule has 1 heterocycles. The Kier molecular flexibility index (Phi) is 6.42. The highest BCUT2D eigenvalue weighted by Crippen LogP contribution is 2.13. The van der Waals surface area contributed by atoms with Gasteiger partial charge in [-0.1, -0.05) is 12.1 Å². The quantitative estimate of drug-likeness (QED) is 0.789. The minimum absolute atomic E-state index is 0.385. The average molecular weight is 320 g/mol. The first-order chi connectivity index (χ1) is 10.9. The molecule has 1 aromatic carbocycles. The second kappa shape index (κ2) is 8.31. The van der Waals surface area contributed by atoms with Crippen LogP contribution in [-0.4, -0.2) is 37.5 Å². The van der Waals surface area contributed by atoms with Crippen LogP contribution < -0.4 is 10.6 Å². The van der Waals surface area contributed by atoms with E-state index < -0.39 is 11.7 Å². The predicted octanol–water partition coefficient (Wildman–Crippen LogP) is 3.34. The van der Waals surface area contributed by atoms with Crippen molar-refractivity contribution >= 4 is 11.8 Å². The zero-order valence-electron chi connectivity index (χ0n) is 14.4. The van der Waals surface area contributed by atoms with E-state index in [9.17, 15) is 4.79 Å². The summed E-state index contributed by atoms with van der Waals surface area (Å²) in [5, 5.41) is 6.17. The lowest BCUT2D eigenvalue weighted by atomic mass is 10.1. The maximum atomic E-state index is 11.7. The van der Waals surface area contributed by atoms with E-state index >= 15 is 0 Å². The number of rotatable bonds is 6. The third-order valence-electron chi connectivity index (χ3n) is 3.59. The maximum Gasteiger partial charge on any atom is 0.412 e. The molecule has 5 heteroatoms. The van der Waals surface area contributed by atoms with E-state index in [2.05, 4.69) is 10.6 Å². The molecule has 0 bridgehead atoms. The topological polar surface area (TPSA) is 59.6 Å². The van der Waals surface area contributed by atoms with Gasteiger partial charge < -0.3 is 14.8 Å². The van der Waals surface area contributed by atoms with Crippen LogP contribution in [0, 0.1) is 0 Å². The molecule has 1 atom stereocenters. The molecule has 1 amide bonds. The Labute approximate surface area is 138 Å². The van der Waals surface area contributed by atoms with Crippen LogP contribution in [0.2, 0.25) is 0 Å². The van der Waals surface area contributed by atoms with Gasteiger partial charge in [0.1, 0.15) is 5.60 Å². The second-order valence-electron chi connectivity index (χ2n) is 6.91. The van der Waals surface area contributed by atoms with E-state index in [0.29, 0.717) is 6.10 Å². The van der Waals surface area contributed by atoms with Crippen LogP contribution in [0.3, 0.4) is 0 Å². The largest absolute Gasteiger partial charge is 0.444 e. The molecule has 2 N–H and O–H groups in total. The SMILES string of the molecule is CC(C)(C)OC(=O)Nc1ccc(CCNCC2CCCO2)cc1. The summed E-state index contributed by atoms with van der Waals surface area (Å²) in [5.41, 5.74) is 1.49. The van der Waals surface area contributed by atoms with Crippen LogP contribution in [0.1, 0.15) is 39.2 Å². The molecule has 1 aliphatic heterocycles. The molecule has 0 saturated carbocycles. The normalized spacial score (nSPS) is 18.0. The molecular weight excluding hydrogens is 292 g/mol. The average Bonchev–Trinajstić information content (AvgIpc) is 2.96. The summed E-state index contributed by atoms with van der Waals surface area (Å²) >= 11 is 0. The maximum absolute atomic E-state index is 11.7. The summed E-state index contributed by atoms with van der Waals surface area (Å²) in [6, 6.07) is 7.86. The van der Waals surface area contributed by atoms with Gasteiger partial charge in [0.25, 0.3) is 0 Å². The molecule has 2 rings (SSSR count). The van der Waals surface area contributed by atoms with Crippen molar-refractivity contribution in [3.63, 3.8) is 0 Å². The number of anilines is 1. The number of ether oxygens (including phenoxy) is 2. The lowest BCUT2D eigenvalue weighted by Crippen LogP contribution is -2.28. The number of amides is 1. The smallest absolute Gasteiger partial charge is 0.412 e. The van der Waals surface area contributed by atoms with E-state index in [1.807, 2.05) is 45.0 Å². The van der Waals surface area contributed by atoms with E-state index in [1.165, 1.54) is 12.0 Å². The molecule has 1 aliphatic rings. The molecule has 1 unspecified atom stereocenters. The van der Waals surface area contributed by atoms with Crippen LogP contribution >= 0.6 is 0 Å². The van der Waals surface area contributed by atoms with E-state index in [-0.39, 0.29) is 0 Å². The van der Waals surface area contributed by atoms with Gasteiger partial charge in [-0.05, 0) is 64.3 Å². The van der Waals surface area contributed by atoms with E-state index in [0.717, 1.165) is 38.2 Å². The fourth-order valence-electron chi connectivity index (χ4n) is 2.48. The van der Waals surface area contributed by atoms with Crippen LogP contribution in [0.15, 0.2) is 24.3 Å². The van der Waals surface area contributed by atoms with Crippen molar-refractivity contribution < 1.29 is 14.3 Å². The molecule has 0 aliphatic carbocycles. The van der Waals surface area contributed by atoms with Crippen LogP contribution in [-0.2, 0) is 15.9 Å². The van der Waals surface area contributed by atoms with E-state index in [1.54, 1.807) is 0 Å². The molecule has 0 aromatic heterocycles. The summed E-state index contributed by atoms with van der Waals surface area (Å²) in [6.07, 6.45) is 3.26. The molecule has 5 nitrogen and oxygen atoms in total. The lowest BCUT2D eigenvalue weighted by Gasteiger charge is -2.19. The summed E-state index contributed by atoms with van der Waals surface area (Å²) in [4.78, 5) is 11.7. The number of benzene rings is 1. The van der Waals surface area contributed by atoms with Crippen molar-refractivity contribution in [2.45, 2.75) is 51.7 Å². The van der Waals surface area contributed by atoms with Gasteiger partial charge in [-0.25, -0.2) is 4.79 Å². The standard InChI is InChI=1S/C18H28N2O3/c1-18(2,3)23-17(21)20-15-8-6-14(7-9-15)10-11-19-13-16-5-4-12-22-16/h6-9,16,19H,4-5,10-13H2,1-3H3,(H,20,21). The predicted molar refractivity (Wildman–Crippen MR) is 91.8 cm³/mol. The van der Waals surface area contributed by atoms with Crippen molar-refractivity contribution in [2.24, 2.45) is 0 Å². The van der Waals surface area contributed by atoms with Gasteiger partial charge in [0.2, 0.25) is 0 Å². The molecule has 0 spiro atoms. The van der Waals surface area contributed by atoms with Gasteiger partial charge in [0, 0.05) is 18.8 Å². The third-order valence-corrected chi connectivity index (χ3v) is 3.59. The molecular formula is C18H28N2O3. The van der Waals surface area contributed by atoms with Gasteiger partial charge in [0.15, 0.2) is 0 Å². The molecule has 1 fully saturated rings. The zero-order valence-corrected chi connectivity index (χ0v) is 14.4. The van der Waals surface area contributed by atoms with Crippen LogP contribution in [0.25, 0.3) is 0 Å². The fourth-order valence-corrected chi connectivity index (χ4v) is 2.48. The monoisotopic (exact) mass is 320 g/mol. The fraction of sp³-hybridized carbons (Fsp3) is 0.611. The summed E-state index contributed by atoms with van der Waals surface area (Å²) < 4.78 is 10.8. The Hall–Kier alpha value is -1.59. The number of carbonyl (C=O) groups is 1. The second-order valence-corrected chi connectivity index (χ2v) is 6.91. The van der Waals surface area contributed by atoms with Crippen molar-refractivity contribution in [1.82, 2.24) is 5.32 Å². The number of hydrogen-bond donors (Lipinski definition) is 2. The first kappa shape index (κ1) is 17.8. The van der Waals surface area contributed by atoms with Crippen molar-refractivity contribution in [2.75, 3.05) is 25.0 Å². The molecule has 0 radical (unpaired) electrons. The van der Waals surface area contributed by atoms with Gasteiger partial charge in [-0.2, -0.15) is 0 Å². The highest BCUT2D eigenvalue weighted by molar-refractivity contribution is 5.84. The van der Waals surface area contributed by atoms with Crippen molar-refractivity contribution in [3.8, 4) is 0 Å². The minimum Gasteiger partial charge on any atom is -0.444 e. The first-order valence-corrected chi connectivity index (χ1v) is 8.34. The Morgan fingerprint density at radius 2 is 2.04 bits per heavy atom. The number of nitrogens with one attached hydrogen (secondary N) is 2. The Balaban J connectivity index is 1.68. The van der Waals surface area contributed by atoms with Gasteiger partial charge in [-0.3, -0.25) is 5.32 Å². The molecule has 1 aromatic rings. The Morgan fingerprint density at radius 1 is 1.30 bits per heavy atom. The first-order valence-electron chi connectivity index (χ1n) is 8.34. The summed E-state index contributed by atoms with van der Waals surface area (Å²) in [5.74, 6) is 0. The lowest BCUT2D eigenvalue weighted by molar-refractivity contribution is 0.0636. The number of carbonyl (C=O) groups excluding carboxylic acids is 1. The summed E-state index contributed by atoms with van der Waals surface area (Å²) in [6.45, 7) is 8.30. The molecule has 23 heavy (non-hydrogen) atoms. The Morgan fingerprint density at radius 3 is 2.65 bits per heavy atom. The summed E-state index contributed by atoms with van der Waals surface area (Å²) in [7, 11) is 0. The van der Waals surface area contributed by atoms with Crippen molar-refractivity contribution in [3.05, 3.63) is 29.8 Å². The highest BCUT2D eigenvalue weighted by Gasteiger charge is 2.16. The number of hydrogen-bond acceptors (Lipinski definition) is 4. The zero-order chi connectivity index (χ0) is 16.7. The van der Waals surface area contributed by atoms with Gasteiger partial charge >= 0.3 is 6.09 Å². The van der Waals surface area contributed by atoms with Gasteiger partial charge in [-0.15, -0.1) is 0 Å². The molecule has 128 valence electrons. The van der Waals surface area contributed by atoms with Crippen molar-refractivity contribution in [1.29, 1.82) is 0 Å². The van der Waals surface area contributed by atoms with Crippen LogP contribution in [0.5, 0.6) is 0 Å². The Bertz CT molecular complexity index is 488. The van der Waals surface area contributed by atoms with Crippen LogP contribution in [0.4, 0.5) is 10.5 Å². The van der Waals surface area contributed by atoms with E-state index in [4.69, 9.17) is 9.47 Å².